The van der Waals surface area contributed by atoms with Gasteiger partial charge in [0.25, 0.3) is 0 Å². The Morgan fingerprint density at radius 2 is 1.68 bits per heavy atom. The van der Waals surface area contributed by atoms with E-state index < -0.39 is 30.6 Å². The number of rotatable bonds is 8. The van der Waals surface area contributed by atoms with Gasteiger partial charge >= 0.3 is 0 Å². The molecule has 0 amide bonds. The van der Waals surface area contributed by atoms with Crippen LogP contribution in [0.25, 0.3) is 0 Å². The number of nitrogens with one attached hydrogen (secondary N) is 1. The summed E-state index contributed by atoms with van der Waals surface area (Å²) in [6.07, 6.45) is 0.101. The van der Waals surface area contributed by atoms with E-state index in [4.69, 9.17) is 0 Å². The minimum Gasteiger partial charge on any atom is -0.228 e. The molecular weight excluding hydrogens is 433 g/mol. The fourth-order valence-corrected chi connectivity index (χ4v) is 5.28. The largest absolute Gasteiger partial charge is 0.243 e. The first-order valence-corrected chi connectivity index (χ1v) is 11.5. The molecular formula is C16H17BrFNO4S2. The highest BCUT2D eigenvalue weighted by atomic mass is 79.9. The third kappa shape index (κ3) is 6.18. The average Bonchev–Trinajstić information content (AvgIpc) is 2.54. The average molecular weight is 450 g/mol. The normalized spacial score (nSPS) is 12.2. The molecule has 0 bridgehead atoms. The van der Waals surface area contributed by atoms with Crippen molar-refractivity contribution in [1.82, 2.24) is 4.72 Å². The first-order valence-electron chi connectivity index (χ1n) is 7.39. The topological polar surface area (TPSA) is 80.3 Å². The molecule has 136 valence electrons. The molecule has 0 atom stereocenters. The summed E-state index contributed by atoms with van der Waals surface area (Å²) < 4.78 is 64.6. The zero-order valence-corrected chi connectivity index (χ0v) is 16.4. The van der Waals surface area contributed by atoms with E-state index in [2.05, 4.69) is 20.7 Å². The summed E-state index contributed by atoms with van der Waals surface area (Å²) in [6, 6.07) is 12.3. The van der Waals surface area contributed by atoms with Crippen molar-refractivity contribution in [3.05, 3.63) is 64.4 Å². The van der Waals surface area contributed by atoms with E-state index in [1.54, 1.807) is 30.3 Å². The van der Waals surface area contributed by atoms with Crippen LogP contribution in [0.5, 0.6) is 0 Å². The van der Waals surface area contributed by atoms with Crippen LogP contribution in [-0.2, 0) is 25.6 Å². The molecule has 2 rings (SSSR count). The van der Waals surface area contributed by atoms with Gasteiger partial charge in [-0.05, 0) is 30.2 Å². The molecule has 2 aromatic carbocycles. The van der Waals surface area contributed by atoms with Crippen LogP contribution in [0.15, 0.2) is 57.9 Å². The number of halogens is 2. The molecule has 25 heavy (non-hydrogen) atoms. The van der Waals surface area contributed by atoms with Crippen molar-refractivity contribution in [2.24, 2.45) is 0 Å². The molecule has 0 heterocycles. The molecule has 0 aliphatic heterocycles. The lowest BCUT2D eigenvalue weighted by molar-refractivity contribution is 0.555. The van der Waals surface area contributed by atoms with Crippen molar-refractivity contribution >= 4 is 35.8 Å². The molecule has 0 aliphatic carbocycles. The number of hydrogen-bond donors (Lipinski definition) is 1. The first kappa shape index (κ1) is 20.0. The molecule has 0 aromatic heterocycles. The number of sulfone groups is 1. The molecule has 5 nitrogen and oxygen atoms in total. The minimum atomic E-state index is -4.04. The highest BCUT2D eigenvalue weighted by Crippen LogP contribution is 2.19. The maximum Gasteiger partial charge on any atom is 0.243 e. The van der Waals surface area contributed by atoms with Gasteiger partial charge in [-0.1, -0.05) is 46.3 Å². The fraction of sp³-hybridized carbons (Fsp3) is 0.250. The molecule has 0 saturated heterocycles. The van der Waals surface area contributed by atoms with Crippen LogP contribution in [0.2, 0.25) is 0 Å². The Kier molecular flexibility index (Phi) is 6.72. The molecule has 0 unspecified atom stereocenters. The standard InChI is InChI=1S/C16H17BrFNO4S2/c17-14-7-8-15(18)16(11-14)25(22,23)19-9-4-10-24(20,21)12-13-5-2-1-3-6-13/h1-3,5-8,11,19H,4,9-10,12H2. The van der Waals surface area contributed by atoms with Crippen molar-refractivity contribution in [1.29, 1.82) is 0 Å². The second kappa shape index (κ2) is 8.39. The predicted octanol–water partition coefficient (Wildman–Crippen LogP) is 2.87. The van der Waals surface area contributed by atoms with Crippen molar-refractivity contribution < 1.29 is 21.2 Å². The Bertz CT molecular complexity index is 932. The van der Waals surface area contributed by atoms with E-state index in [1.807, 2.05) is 0 Å². The van der Waals surface area contributed by atoms with Crippen LogP contribution in [0, 0.1) is 5.82 Å². The van der Waals surface area contributed by atoms with E-state index in [0.29, 0.717) is 10.0 Å². The molecule has 0 aliphatic rings. The van der Waals surface area contributed by atoms with E-state index in [-0.39, 0.29) is 24.5 Å². The van der Waals surface area contributed by atoms with Crippen LogP contribution in [0.3, 0.4) is 0 Å². The van der Waals surface area contributed by atoms with Crippen LogP contribution in [0.1, 0.15) is 12.0 Å². The highest BCUT2D eigenvalue weighted by Gasteiger charge is 2.19. The van der Waals surface area contributed by atoms with Gasteiger partial charge in [0.05, 0.1) is 11.5 Å². The van der Waals surface area contributed by atoms with Gasteiger partial charge in [-0.25, -0.2) is 25.9 Å². The van der Waals surface area contributed by atoms with Gasteiger partial charge in [-0.15, -0.1) is 0 Å². The van der Waals surface area contributed by atoms with Crippen LogP contribution in [-0.4, -0.2) is 29.1 Å². The first-order chi connectivity index (χ1) is 11.7. The van der Waals surface area contributed by atoms with Gasteiger partial charge in [0, 0.05) is 11.0 Å². The van der Waals surface area contributed by atoms with Crippen molar-refractivity contribution in [2.45, 2.75) is 17.1 Å². The Morgan fingerprint density at radius 3 is 2.36 bits per heavy atom. The zero-order valence-electron chi connectivity index (χ0n) is 13.2. The maximum atomic E-state index is 13.7. The summed E-state index contributed by atoms with van der Waals surface area (Å²) in [6.45, 7) is -0.0949. The zero-order chi connectivity index (χ0) is 18.5. The third-order valence-corrected chi connectivity index (χ3v) is 6.99. The van der Waals surface area contributed by atoms with Gasteiger partial charge in [-0.2, -0.15) is 0 Å². The Labute approximate surface area is 155 Å². The van der Waals surface area contributed by atoms with Crippen molar-refractivity contribution in [2.75, 3.05) is 12.3 Å². The summed E-state index contributed by atoms with van der Waals surface area (Å²) in [7, 11) is -7.39. The van der Waals surface area contributed by atoms with Crippen molar-refractivity contribution in [3.8, 4) is 0 Å². The smallest absolute Gasteiger partial charge is 0.228 e. The van der Waals surface area contributed by atoms with E-state index in [9.17, 15) is 21.2 Å². The highest BCUT2D eigenvalue weighted by molar-refractivity contribution is 9.10. The third-order valence-electron chi connectivity index (χ3n) is 3.34. The van der Waals surface area contributed by atoms with E-state index in [1.165, 1.54) is 6.07 Å². The molecule has 2 aromatic rings. The lowest BCUT2D eigenvalue weighted by atomic mass is 10.2. The molecule has 9 heteroatoms. The quantitative estimate of drug-likeness (QED) is 0.628. The second-order valence-electron chi connectivity index (χ2n) is 5.40. The monoisotopic (exact) mass is 449 g/mol. The van der Waals surface area contributed by atoms with Gasteiger partial charge in [0.15, 0.2) is 9.84 Å². The van der Waals surface area contributed by atoms with E-state index in [0.717, 1.165) is 12.1 Å². The summed E-state index contributed by atoms with van der Waals surface area (Å²) in [5.74, 6) is -1.13. The van der Waals surface area contributed by atoms with Crippen LogP contribution < -0.4 is 4.72 Å². The Balaban J connectivity index is 1.91. The van der Waals surface area contributed by atoms with Gasteiger partial charge in [0.2, 0.25) is 10.0 Å². The van der Waals surface area contributed by atoms with Gasteiger partial charge in [0.1, 0.15) is 10.7 Å². The summed E-state index contributed by atoms with van der Waals surface area (Å²) in [5.41, 5.74) is 0.680. The summed E-state index contributed by atoms with van der Waals surface area (Å²) >= 11 is 3.09. The number of hydrogen-bond acceptors (Lipinski definition) is 4. The lowest BCUT2D eigenvalue weighted by Crippen LogP contribution is -2.27. The summed E-state index contributed by atoms with van der Waals surface area (Å²) in [5, 5.41) is 0. The molecule has 0 spiro atoms. The molecule has 0 radical (unpaired) electrons. The van der Waals surface area contributed by atoms with Gasteiger partial charge < -0.3 is 0 Å². The maximum absolute atomic E-state index is 13.7. The molecule has 0 fully saturated rings. The summed E-state index contributed by atoms with van der Waals surface area (Å²) in [4.78, 5) is -0.478. The number of benzene rings is 2. The van der Waals surface area contributed by atoms with E-state index >= 15 is 0 Å². The minimum absolute atomic E-state index is 0.0949. The number of sulfonamides is 1. The second-order valence-corrected chi connectivity index (χ2v) is 10.2. The van der Waals surface area contributed by atoms with Crippen LogP contribution in [0.4, 0.5) is 4.39 Å². The van der Waals surface area contributed by atoms with Gasteiger partial charge in [-0.3, -0.25) is 0 Å². The Morgan fingerprint density at radius 1 is 1.00 bits per heavy atom. The SMILES string of the molecule is O=S(=O)(CCCNS(=O)(=O)c1cc(Br)ccc1F)Cc1ccccc1. The molecule has 0 saturated carbocycles. The van der Waals surface area contributed by atoms with Crippen molar-refractivity contribution in [3.63, 3.8) is 0 Å². The molecule has 1 N–H and O–H groups in total. The predicted molar refractivity (Wildman–Crippen MR) is 97.8 cm³/mol. The lowest BCUT2D eigenvalue weighted by Gasteiger charge is -2.09. The fourth-order valence-electron chi connectivity index (χ4n) is 2.16. The van der Waals surface area contributed by atoms with Crippen LogP contribution >= 0.6 is 15.9 Å². The Hall–Kier alpha value is -1.29.